The lowest BCUT2D eigenvalue weighted by Crippen LogP contribution is -2.03. The summed E-state index contributed by atoms with van der Waals surface area (Å²) in [4.78, 5) is 17.0. The Balaban J connectivity index is 3.09. The third kappa shape index (κ3) is 0.540. The molecule has 0 radical (unpaired) electrons. The van der Waals surface area contributed by atoms with E-state index in [0.29, 0.717) is 5.52 Å². The Labute approximate surface area is 54.7 Å². The number of rotatable bonds is 0. The van der Waals surface area contributed by atoms with Crippen LogP contribution < -0.4 is 5.56 Å². The highest BCUT2D eigenvalue weighted by atomic mass is 16.5. The largest absolute Gasteiger partial charge is 0.349 e. The number of H-pyrrole nitrogens is 1. The summed E-state index contributed by atoms with van der Waals surface area (Å²) in [7, 11) is 0. The van der Waals surface area contributed by atoms with Gasteiger partial charge in [0.25, 0.3) is 5.56 Å². The average molecular weight is 137 g/mol. The molecule has 5 nitrogen and oxygen atoms in total. The topological polar surface area (TPSA) is 71.8 Å². The summed E-state index contributed by atoms with van der Waals surface area (Å²) in [5.41, 5.74) is 0.341. The van der Waals surface area contributed by atoms with Crippen molar-refractivity contribution in [3.63, 3.8) is 0 Å². The summed E-state index contributed by atoms with van der Waals surface area (Å²) in [5.74, 6) is 0. The van der Waals surface area contributed by atoms with Crippen LogP contribution in [0.5, 0.6) is 0 Å². The smallest absolute Gasteiger partial charge is 0.297 e. The fraction of sp³-hybridized carbons (Fsp3) is 0. The van der Waals surface area contributed by atoms with Gasteiger partial charge in [0, 0.05) is 0 Å². The Morgan fingerprint density at radius 3 is 3.30 bits per heavy atom. The molecule has 2 rings (SSSR count). The van der Waals surface area contributed by atoms with E-state index >= 15 is 0 Å². The van der Waals surface area contributed by atoms with Crippen LogP contribution in [0, 0.1) is 0 Å². The van der Waals surface area contributed by atoms with E-state index in [2.05, 4.69) is 19.6 Å². The Bertz CT molecular complexity index is 402. The number of nitrogens with one attached hydrogen (secondary N) is 1. The molecule has 0 aliphatic heterocycles. The summed E-state index contributed by atoms with van der Waals surface area (Å²) in [5, 5.41) is 3.40. The molecule has 2 aromatic rings. The highest BCUT2D eigenvalue weighted by Crippen LogP contribution is 2.00. The lowest BCUT2D eigenvalue weighted by atomic mass is 10.5. The zero-order chi connectivity index (χ0) is 6.97. The fourth-order valence-electron chi connectivity index (χ4n) is 0.710. The third-order valence-electron chi connectivity index (χ3n) is 1.16. The van der Waals surface area contributed by atoms with Gasteiger partial charge >= 0.3 is 0 Å². The van der Waals surface area contributed by atoms with Gasteiger partial charge in [-0.25, -0.2) is 4.98 Å². The molecule has 50 valence electrons. The standard InChI is InChI=1S/C5H3N3O2/c9-5-4-3(1-8-10-4)6-2-7-5/h1-2H,(H,6,7,9). The second kappa shape index (κ2) is 1.66. The van der Waals surface area contributed by atoms with Crippen molar-refractivity contribution in [2.75, 3.05) is 0 Å². The van der Waals surface area contributed by atoms with Crippen LogP contribution in [-0.2, 0) is 0 Å². The molecule has 0 aliphatic rings. The molecule has 0 spiro atoms. The molecule has 0 fully saturated rings. The minimum atomic E-state index is -0.303. The second-order valence-electron chi connectivity index (χ2n) is 1.77. The molecule has 0 saturated carbocycles. The zero-order valence-corrected chi connectivity index (χ0v) is 4.87. The fourth-order valence-corrected chi connectivity index (χ4v) is 0.710. The van der Waals surface area contributed by atoms with Crippen molar-refractivity contribution in [1.82, 2.24) is 15.1 Å². The molecule has 0 amide bonds. The van der Waals surface area contributed by atoms with E-state index in [1.165, 1.54) is 12.5 Å². The maximum atomic E-state index is 10.8. The van der Waals surface area contributed by atoms with E-state index in [9.17, 15) is 4.79 Å². The number of hydrogen-bond acceptors (Lipinski definition) is 4. The predicted octanol–water partition coefficient (Wildman–Crippen LogP) is -0.0889. The molecule has 1 N–H and O–H groups in total. The van der Waals surface area contributed by atoms with E-state index in [-0.39, 0.29) is 11.1 Å². The van der Waals surface area contributed by atoms with Crippen LogP contribution >= 0.6 is 0 Å². The normalized spacial score (nSPS) is 10.4. The van der Waals surface area contributed by atoms with E-state index < -0.39 is 0 Å². The van der Waals surface area contributed by atoms with Crippen molar-refractivity contribution in [2.45, 2.75) is 0 Å². The molecule has 0 unspecified atom stereocenters. The van der Waals surface area contributed by atoms with Crippen LogP contribution in [0.2, 0.25) is 0 Å². The molecule has 10 heavy (non-hydrogen) atoms. The first-order valence-corrected chi connectivity index (χ1v) is 2.66. The first-order valence-electron chi connectivity index (χ1n) is 2.66. The summed E-state index contributed by atoms with van der Waals surface area (Å²) in [6, 6.07) is 0. The minimum absolute atomic E-state index is 0.169. The van der Waals surface area contributed by atoms with Crippen LogP contribution in [-0.4, -0.2) is 15.1 Å². The maximum Gasteiger partial charge on any atom is 0.297 e. The molecule has 5 heteroatoms. The van der Waals surface area contributed by atoms with Crippen molar-refractivity contribution in [1.29, 1.82) is 0 Å². The van der Waals surface area contributed by atoms with E-state index in [4.69, 9.17) is 0 Å². The van der Waals surface area contributed by atoms with Crippen LogP contribution in [0.4, 0.5) is 0 Å². The summed E-state index contributed by atoms with van der Waals surface area (Å²) in [6.07, 6.45) is 2.70. The molecular weight excluding hydrogens is 134 g/mol. The number of fused-ring (bicyclic) bond motifs is 1. The van der Waals surface area contributed by atoms with Crippen molar-refractivity contribution in [3.8, 4) is 0 Å². The maximum absolute atomic E-state index is 10.8. The molecule has 0 saturated heterocycles. The Hall–Kier alpha value is -1.65. The zero-order valence-electron chi connectivity index (χ0n) is 4.87. The van der Waals surface area contributed by atoms with E-state index in [0.717, 1.165) is 0 Å². The molecule has 0 bridgehead atoms. The first kappa shape index (κ1) is 5.16. The van der Waals surface area contributed by atoms with Crippen LogP contribution in [0.15, 0.2) is 21.8 Å². The van der Waals surface area contributed by atoms with Gasteiger partial charge in [-0.1, -0.05) is 5.16 Å². The third-order valence-corrected chi connectivity index (χ3v) is 1.16. The first-order chi connectivity index (χ1) is 4.88. The Morgan fingerprint density at radius 2 is 2.50 bits per heavy atom. The SMILES string of the molecule is O=c1[nH]cnc2cnoc12. The molecule has 2 aromatic heterocycles. The molecule has 0 aromatic carbocycles. The highest BCUT2D eigenvalue weighted by Gasteiger charge is 2.01. The predicted molar refractivity (Wildman–Crippen MR) is 32.4 cm³/mol. The number of hydrogen-bond donors (Lipinski definition) is 1. The van der Waals surface area contributed by atoms with Gasteiger partial charge in [-0.05, 0) is 0 Å². The van der Waals surface area contributed by atoms with Gasteiger partial charge in [0.05, 0.1) is 12.5 Å². The quantitative estimate of drug-likeness (QED) is 0.550. The Kier molecular flexibility index (Phi) is 0.858. The van der Waals surface area contributed by atoms with Gasteiger partial charge < -0.3 is 9.51 Å². The summed E-state index contributed by atoms with van der Waals surface area (Å²) < 4.78 is 4.59. The van der Waals surface area contributed by atoms with Crippen LogP contribution in [0.25, 0.3) is 11.1 Å². The lowest BCUT2D eigenvalue weighted by Gasteiger charge is -1.79. The highest BCUT2D eigenvalue weighted by molar-refractivity contribution is 5.68. The van der Waals surface area contributed by atoms with Crippen LogP contribution in [0.3, 0.4) is 0 Å². The number of nitrogens with zero attached hydrogens (tertiary/aromatic N) is 2. The molecule has 0 aliphatic carbocycles. The summed E-state index contributed by atoms with van der Waals surface area (Å²) >= 11 is 0. The number of aromatic amines is 1. The van der Waals surface area contributed by atoms with Gasteiger partial charge in [-0.3, -0.25) is 4.79 Å². The van der Waals surface area contributed by atoms with Crippen molar-refractivity contribution >= 4 is 11.1 Å². The van der Waals surface area contributed by atoms with Gasteiger partial charge in [-0.2, -0.15) is 0 Å². The number of aromatic nitrogens is 3. The lowest BCUT2D eigenvalue weighted by molar-refractivity contribution is 0.453. The van der Waals surface area contributed by atoms with Gasteiger partial charge in [0.1, 0.15) is 5.52 Å². The van der Waals surface area contributed by atoms with Crippen molar-refractivity contribution < 1.29 is 4.52 Å². The average Bonchev–Trinajstić information content (AvgIpc) is 2.36. The molecule has 0 atom stereocenters. The van der Waals surface area contributed by atoms with E-state index in [1.807, 2.05) is 0 Å². The van der Waals surface area contributed by atoms with Gasteiger partial charge in [-0.15, -0.1) is 0 Å². The van der Waals surface area contributed by atoms with Crippen molar-refractivity contribution in [2.24, 2.45) is 0 Å². The summed E-state index contributed by atoms with van der Waals surface area (Å²) in [6.45, 7) is 0. The van der Waals surface area contributed by atoms with Crippen LogP contribution in [0.1, 0.15) is 0 Å². The van der Waals surface area contributed by atoms with E-state index in [1.54, 1.807) is 0 Å². The molecule has 2 heterocycles. The van der Waals surface area contributed by atoms with Gasteiger partial charge in [0.15, 0.2) is 0 Å². The monoisotopic (exact) mass is 137 g/mol. The molecular formula is C5H3N3O2. The minimum Gasteiger partial charge on any atom is -0.349 e. The Morgan fingerprint density at radius 1 is 1.60 bits per heavy atom. The van der Waals surface area contributed by atoms with Crippen molar-refractivity contribution in [3.05, 3.63) is 22.9 Å². The van der Waals surface area contributed by atoms with Gasteiger partial charge in [0.2, 0.25) is 5.58 Å². The second-order valence-corrected chi connectivity index (χ2v) is 1.77.